The molecule has 1 aromatic rings. The van der Waals surface area contributed by atoms with Crippen molar-refractivity contribution in [3.63, 3.8) is 0 Å². The molecule has 1 aromatic carbocycles. The predicted molar refractivity (Wildman–Crippen MR) is 111 cm³/mol. The Balaban J connectivity index is 1.35. The van der Waals surface area contributed by atoms with E-state index >= 15 is 0 Å². The first-order valence-electron chi connectivity index (χ1n) is 11.1. The summed E-state index contributed by atoms with van der Waals surface area (Å²) in [6.07, 6.45) is 15.2. The molecule has 0 aromatic heterocycles. The van der Waals surface area contributed by atoms with Gasteiger partial charge in [-0.25, -0.2) is 0 Å². The van der Waals surface area contributed by atoms with E-state index in [4.69, 9.17) is 4.74 Å². The molecule has 4 nitrogen and oxygen atoms in total. The van der Waals surface area contributed by atoms with Crippen LogP contribution >= 0.6 is 0 Å². The molecule has 2 fully saturated rings. The van der Waals surface area contributed by atoms with E-state index in [-0.39, 0.29) is 5.60 Å². The number of phenolic OH excluding ortho intramolecular Hbond substituents is 2. The number of phenols is 2. The fraction of sp³-hybridized carbons (Fsp3) is 0.708. The second kappa shape index (κ2) is 9.19. The minimum Gasteiger partial charge on any atom is -0.508 e. The molecule has 0 spiro atoms. The van der Waals surface area contributed by atoms with Crippen molar-refractivity contribution in [2.45, 2.75) is 102 Å². The third-order valence-electron chi connectivity index (χ3n) is 6.79. The summed E-state index contributed by atoms with van der Waals surface area (Å²) in [5, 5.41) is 20.7. The maximum atomic E-state index is 10.5. The topological polar surface area (TPSA) is 66.8 Å². The SMILES string of the molecule is CC1(CCCCCCc2cc(O)c(CCCCC3(OC=O)CC3)cc2O)CC1. The highest BCUT2D eigenvalue weighted by Crippen LogP contribution is 2.49. The number of aryl methyl sites for hydroxylation is 2. The molecular weight excluding hydrogens is 352 g/mol. The number of carbonyl (C=O) groups excluding carboxylic acids is 1. The molecule has 0 bridgehead atoms. The third kappa shape index (κ3) is 6.15. The van der Waals surface area contributed by atoms with Crippen molar-refractivity contribution < 1.29 is 19.7 Å². The van der Waals surface area contributed by atoms with Crippen LogP contribution in [0.4, 0.5) is 0 Å². The van der Waals surface area contributed by atoms with Gasteiger partial charge in [-0.3, -0.25) is 4.79 Å². The van der Waals surface area contributed by atoms with Crippen LogP contribution in [-0.2, 0) is 22.4 Å². The molecule has 4 heteroatoms. The van der Waals surface area contributed by atoms with E-state index in [1.54, 1.807) is 12.1 Å². The first-order chi connectivity index (χ1) is 13.5. The Hall–Kier alpha value is -1.71. The number of hydrogen-bond acceptors (Lipinski definition) is 4. The molecule has 156 valence electrons. The first-order valence-corrected chi connectivity index (χ1v) is 11.1. The lowest BCUT2D eigenvalue weighted by Crippen LogP contribution is -2.12. The molecule has 2 aliphatic rings. The highest BCUT2D eigenvalue weighted by Gasteiger charge is 2.44. The maximum Gasteiger partial charge on any atom is 0.293 e. The molecule has 2 N–H and O–H groups in total. The number of ether oxygens (including phenoxy) is 1. The molecule has 0 aliphatic heterocycles. The van der Waals surface area contributed by atoms with Gasteiger partial charge >= 0.3 is 0 Å². The van der Waals surface area contributed by atoms with Crippen molar-refractivity contribution in [2.24, 2.45) is 5.41 Å². The van der Waals surface area contributed by atoms with Crippen LogP contribution in [0.25, 0.3) is 0 Å². The summed E-state index contributed by atoms with van der Waals surface area (Å²) in [5.74, 6) is 0.598. The molecular formula is C24H36O4. The van der Waals surface area contributed by atoms with Crippen molar-refractivity contribution in [3.05, 3.63) is 23.3 Å². The highest BCUT2D eigenvalue weighted by molar-refractivity contribution is 5.45. The van der Waals surface area contributed by atoms with Gasteiger partial charge in [0.2, 0.25) is 0 Å². The Morgan fingerprint density at radius 1 is 0.857 bits per heavy atom. The van der Waals surface area contributed by atoms with Gasteiger partial charge in [0.15, 0.2) is 0 Å². The van der Waals surface area contributed by atoms with Gasteiger partial charge in [-0.2, -0.15) is 0 Å². The van der Waals surface area contributed by atoms with Gasteiger partial charge in [-0.15, -0.1) is 0 Å². The molecule has 0 amide bonds. The minimum absolute atomic E-state index is 0.202. The van der Waals surface area contributed by atoms with Gasteiger partial charge in [-0.05, 0) is 99.3 Å². The van der Waals surface area contributed by atoms with Crippen LogP contribution in [0.1, 0.15) is 95.1 Å². The van der Waals surface area contributed by atoms with E-state index in [2.05, 4.69) is 6.92 Å². The predicted octanol–water partition coefficient (Wildman–Crippen LogP) is 5.81. The largest absolute Gasteiger partial charge is 0.508 e. The van der Waals surface area contributed by atoms with E-state index in [1.807, 2.05) is 0 Å². The second-order valence-electron chi connectivity index (χ2n) is 9.44. The van der Waals surface area contributed by atoms with E-state index in [1.165, 1.54) is 38.5 Å². The van der Waals surface area contributed by atoms with Gasteiger partial charge in [0.05, 0.1) is 0 Å². The number of carbonyl (C=O) groups is 1. The van der Waals surface area contributed by atoms with Gasteiger partial charge < -0.3 is 14.9 Å². The van der Waals surface area contributed by atoms with Gasteiger partial charge in [0.25, 0.3) is 6.47 Å². The van der Waals surface area contributed by atoms with E-state index < -0.39 is 0 Å². The standard InChI is InChI=1S/C24H36O4/c1-23(12-13-23)10-6-3-2-4-8-19-16-22(27)20(17-21(19)26)9-5-7-11-24(14-15-24)28-18-25/h16-18,26-27H,2-15H2,1H3. The zero-order valence-electron chi connectivity index (χ0n) is 17.3. The number of benzene rings is 1. The van der Waals surface area contributed by atoms with Crippen LogP contribution in [0.2, 0.25) is 0 Å². The molecule has 3 rings (SSSR count). The molecule has 0 saturated heterocycles. The lowest BCUT2D eigenvalue weighted by Gasteiger charge is -2.13. The second-order valence-corrected chi connectivity index (χ2v) is 9.44. The summed E-state index contributed by atoms with van der Waals surface area (Å²) >= 11 is 0. The lowest BCUT2D eigenvalue weighted by atomic mass is 9.97. The molecule has 0 unspecified atom stereocenters. The smallest absolute Gasteiger partial charge is 0.293 e. The summed E-state index contributed by atoms with van der Waals surface area (Å²) in [5.41, 5.74) is 2.11. The average molecular weight is 389 g/mol. The zero-order valence-corrected chi connectivity index (χ0v) is 17.3. The van der Waals surface area contributed by atoms with Gasteiger partial charge in [0.1, 0.15) is 17.1 Å². The van der Waals surface area contributed by atoms with Crippen LogP contribution in [0.5, 0.6) is 11.5 Å². The number of unbranched alkanes of at least 4 members (excludes halogenated alkanes) is 4. The van der Waals surface area contributed by atoms with Crippen molar-refractivity contribution in [3.8, 4) is 11.5 Å². The van der Waals surface area contributed by atoms with Crippen LogP contribution in [-0.4, -0.2) is 22.3 Å². The lowest BCUT2D eigenvalue weighted by molar-refractivity contribution is -0.135. The van der Waals surface area contributed by atoms with Crippen molar-refractivity contribution in [1.29, 1.82) is 0 Å². The van der Waals surface area contributed by atoms with Crippen LogP contribution in [0, 0.1) is 5.41 Å². The molecule has 0 atom stereocenters. The highest BCUT2D eigenvalue weighted by atomic mass is 16.5. The number of hydrogen-bond donors (Lipinski definition) is 2. The fourth-order valence-electron chi connectivity index (χ4n) is 4.18. The normalized spacial score (nSPS) is 18.6. The summed E-state index contributed by atoms with van der Waals surface area (Å²) in [6.45, 7) is 2.95. The van der Waals surface area contributed by atoms with Gasteiger partial charge in [-0.1, -0.05) is 26.2 Å². The molecule has 0 heterocycles. The third-order valence-corrected chi connectivity index (χ3v) is 6.79. The van der Waals surface area contributed by atoms with E-state index in [0.717, 1.165) is 62.5 Å². The molecule has 28 heavy (non-hydrogen) atoms. The Morgan fingerprint density at radius 2 is 1.39 bits per heavy atom. The Kier molecular flexibility index (Phi) is 6.90. The van der Waals surface area contributed by atoms with E-state index in [9.17, 15) is 15.0 Å². The summed E-state index contributed by atoms with van der Waals surface area (Å²) in [6, 6.07) is 3.47. The maximum absolute atomic E-state index is 10.5. The van der Waals surface area contributed by atoms with Crippen molar-refractivity contribution in [1.82, 2.24) is 0 Å². The van der Waals surface area contributed by atoms with Crippen LogP contribution in [0.3, 0.4) is 0 Å². The summed E-state index contributed by atoms with van der Waals surface area (Å²) < 4.78 is 5.16. The minimum atomic E-state index is -0.202. The Bertz CT molecular complexity index is 659. The Morgan fingerprint density at radius 3 is 1.93 bits per heavy atom. The molecule has 0 radical (unpaired) electrons. The van der Waals surface area contributed by atoms with Gasteiger partial charge in [0, 0.05) is 0 Å². The van der Waals surface area contributed by atoms with Crippen molar-refractivity contribution >= 4 is 6.47 Å². The van der Waals surface area contributed by atoms with Crippen molar-refractivity contribution in [2.75, 3.05) is 0 Å². The van der Waals surface area contributed by atoms with Crippen LogP contribution in [0.15, 0.2) is 12.1 Å². The fourth-order valence-corrected chi connectivity index (χ4v) is 4.18. The van der Waals surface area contributed by atoms with E-state index in [0.29, 0.717) is 23.4 Å². The monoisotopic (exact) mass is 388 g/mol. The molecule has 2 saturated carbocycles. The summed E-state index contributed by atoms with van der Waals surface area (Å²) in [7, 11) is 0. The Labute approximate surface area is 169 Å². The molecule has 2 aliphatic carbocycles. The summed E-state index contributed by atoms with van der Waals surface area (Å²) in [4.78, 5) is 10.5. The number of aromatic hydroxyl groups is 2. The first kappa shape index (κ1) is 21.0. The quantitative estimate of drug-likeness (QED) is 0.240. The number of rotatable bonds is 14. The average Bonchev–Trinajstić information content (AvgIpc) is 3.58. The van der Waals surface area contributed by atoms with Crippen LogP contribution < -0.4 is 0 Å². The zero-order chi connectivity index (χ0) is 20.0.